The van der Waals surface area contributed by atoms with Crippen LogP contribution in [0, 0.1) is 0 Å². The number of tetrazole rings is 1. The standard InChI is InChI=1S/C23H31N7O4S/c1-23(2,24)21(31)13-25-20(16-34-15-18-7-5-4-6-8-18)22-26-29-30(27-22)14-17-9-11-19(12-10-17)28-35(3,32)33/h4-12,20,25,28H,13-16,24H2,1-3H3/t20-/m1/s1. The Labute approximate surface area is 205 Å². The van der Waals surface area contributed by atoms with Crippen LogP contribution in [0.5, 0.6) is 0 Å². The Hall–Kier alpha value is -3.19. The number of hydrogen-bond donors (Lipinski definition) is 3. The van der Waals surface area contributed by atoms with Crippen LogP contribution in [0.4, 0.5) is 5.69 Å². The van der Waals surface area contributed by atoms with E-state index in [1.807, 2.05) is 30.3 Å². The molecule has 0 amide bonds. The topological polar surface area (TPSA) is 154 Å². The second-order valence-electron chi connectivity index (χ2n) is 8.83. The lowest BCUT2D eigenvalue weighted by molar-refractivity contribution is -0.122. The molecule has 188 valence electrons. The van der Waals surface area contributed by atoms with Gasteiger partial charge >= 0.3 is 0 Å². The van der Waals surface area contributed by atoms with Gasteiger partial charge in [-0.2, -0.15) is 4.80 Å². The molecule has 0 unspecified atom stereocenters. The van der Waals surface area contributed by atoms with Gasteiger partial charge in [-0.15, -0.1) is 10.2 Å². The van der Waals surface area contributed by atoms with E-state index in [1.54, 1.807) is 38.1 Å². The quantitative estimate of drug-likeness (QED) is 0.314. The lowest BCUT2D eigenvalue weighted by atomic mass is 10.0. The summed E-state index contributed by atoms with van der Waals surface area (Å²) in [6.45, 7) is 4.30. The maximum atomic E-state index is 12.3. The Morgan fingerprint density at radius 3 is 2.43 bits per heavy atom. The molecule has 0 aliphatic heterocycles. The zero-order chi connectivity index (χ0) is 25.5. The Morgan fingerprint density at radius 1 is 1.11 bits per heavy atom. The monoisotopic (exact) mass is 501 g/mol. The fourth-order valence-electron chi connectivity index (χ4n) is 3.05. The highest BCUT2D eigenvalue weighted by molar-refractivity contribution is 7.92. The Morgan fingerprint density at radius 2 is 1.80 bits per heavy atom. The number of carbonyl (C=O) groups excluding carboxylic acids is 1. The van der Waals surface area contributed by atoms with Gasteiger partial charge in [0.05, 0.1) is 44.1 Å². The van der Waals surface area contributed by atoms with Crippen molar-refractivity contribution < 1.29 is 17.9 Å². The number of ether oxygens (including phenoxy) is 1. The summed E-state index contributed by atoms with van der Waals surface area (Å²) in [7, 11) is -3.34. The smallest absolute Gasteiger partial charge is 0.229 e. The third-order valence-corrected chi connectivity index (χ3v) is 5.59. The average Bonchev–Trinajstić information content (AvgIpc) is 3.24. The highest BCUT2D eigenvalue weighted by Crippen LogP contribution is 2.13. The first kappa shape index (κ1) is 26.4. The van der Waals surface area contributed by atoms with E-state index in [9.17, 15) is 13.2 Å². The highest BCUT2D eigenvalue weighted by Gasteiger charge is 2.24. The summed E-state index contributed by atoms with van der Waals surface area (Å²) < 4.78 is 31.0. The zero-order valence-corrected chi connectivity index (χ0v) is 20.8. The highest BCUT2D eigenvalue weighted by atomic mass is 32.2. The second-order valence-corrected chi connectivity index (χ2v) is 10.6. The van der Waals surface area contributed by atoms with E-state index in [-0.39, 0.29) is 18.9 Å². The Balaban J connectivity index is 1.66. The summed E-state index contributed by atoms with van der Waals surface area (Å²) >= 11 is 0. The van der Waals surface area contributed by atoms with Gasteiger partial charge < -0.3 is 10.5 Å². The summed E-state index contributed by atoms with van der Waals surface area (Å²) in [5, 5.41) is 15.9. The second kappa shape index (κ2) is 11.5. The molecule has 4 N–H and O–H groups in total. The van der Waals surface area contributed by atoms with Crippen LogP contribution in [0.15, 0.2) is 54.6 Å². The van der Waals surface area contributed by atoms with Crippen LogP contribution in [-0.2, 0) is 32.7 Å². The average molecular weight is 502 g/mol. The first-order chi connectivity index (χ1) is 16.5. The molecular formula is C23H31N7O4S. The van der Waals surface area contributed by atoms with Crippen LogP contribution in [0.25, 0.3) is 0 Å². The molecule has 0 radical (unpaired) electrons. The minimum atomic E-state index is -3.34. The SMILES string of the molecule is CC(C)(N)C(=O)CN[C@H](COCc1ccccc1)c1nnn(Cc2ccc(NS(C)(=O)=O)cc2)n1. The minimum absolute atomic E-state index is 0.0339. The van der Waals surface area contributed by atoms with E-state index < -0.39 is 21.6 Å². The summed E-state index contributed by atoms with van der Waals surface area (Å²) in [5.41, 5.74) is 7.29. The van der Waals surface area contributed by atoms with Gasteiger partial charge in [0, 0.05) is 5.69 Å². The number of anilines is 1. The van der Waals surface area contributed by atoms with Gasteiger partial charge in [-0.25, -0.2) is 8.42 Å². The number of aromatic nitrogens is 4. The number of nitrogens with two attached hydrogens (primary N) is 1. The first-order valence-corrected chi connectivity index (χ1v) is 12.9. The number of rotatable bonds is 13. The van der Waals surface area contributed by atoms with Gasteiger partial charge in [0.2, 0.25) is 10.0 Å². The van der Waals surface area contributed by atoms with Crippen molar-refractivity contribution in [3.8, 4) is 0 Å². The minimum Gasteiger partial charge on any atom is -0.375 e. The first-order valence-electron chi connectivity index (χ1n) is 11.0. The number of nitrogens with zero attached hydrogens (tertiary/aromatic N) is 4. The van der Waals surface area contributed by atoms with Crippen LogP contribution in [-0.4, -0.2) is 59.4 Å². The molecule has 0 bridgehead atoms. The number of nitrogens with one attached hydrogen (secondary N) is 2. The predicted molar refractivity (Wildman–Crippen MR) is 132 cm³/mol. The van der Waals surface area contributed by atoms with E-state index in [1.165, 1.54) is 4.80 Å². The summed E-state index contributed by atoms with van der Waals surface area (Å²) in [6, 6.07) is 16.1. The summed E-state index contributed by atoms with van der Waals surface area (Å²) in [6.07, 6.45) is 1.10. The molecule has 3 aromatic rings. The molecule has 0 saturated carbocycles. The number of carbonyl (C=O) groups is 1. The summed E-state index contributed by atoms with van der Waals surface area (Å²) in [4.78, 5) is 13.7. The number of sulfonamides is 1. The molecule has 0 spiro atoms. The molecule has 0 fully saturated rings. The van der Waals surface area contributed by atoms with E-state index in [4.69, 9.17) is 10.5 Å². The van der Waals surface area contributed by atoms with E-state index in [0.29, 0.717) is 24.7 Å². The Kier molecular flexibility index (Phi) is 8.67. The molecule has 2 aromatic carbocycles. The lowest BCUT2D eigenvalue weighted by Gasteiger charge is -2.20. The fraction of sp³-hybridized carbons (Fsp3) is 0.391. The van der Waals surface area contributed by atoms with Crippen LogP contribution in [0.2, 0.25) is 0 Å². The lowest BCUT2D eigenvalue weighted by Crippen LogP contribution is -2.47. The third kappa shape index (κ3) is 8.83. The number of hydrogen-bond acceptors (Lipinski definition) is 9. The molecule has 1 heterocycles. The third-order valence-electron chi connectivity index (χ3n) is 4.98. The fourth-order valence-corrected chi connectivity index (χ4v) is 3.62. The molecule has 1 aromatic heterocycles. The number of ketones is 1. The number of benzene rings is 2. The molecule has 35 heavy (non-hydrogen) atoms. The van der Waals surface area contributed by atoms with Gasteiger partial charge in [0.15, 0.2) is 11.6 Å². The molecule has 11 nitrogen and oxygen atoms in total. The molecule has 0 saturated heterocycles. The van der Waals surface area contributed by atoms with Gasteiger partial charge in [0.25, 0.3) is 0 Å². The van der Waals surface area contributed by atoms with Crippen LogP contribution >= 0.6 is 0 Å². The van der Waals surface area contributed by atoms with Crippen LogP contribution in [0.3, 0.4) is 0 Å². The van der Waals surface area contributed by atoms with Gasteiger partial charge in [-0.3, -0.25) is 14.8 Å². The van der Waals surface area contributed by atoms with Crippen molar-refractivity contribution in [3.63, 3.8) is 0 Å². The van der Waals surface area contributed by atoms with Crippen molar-refractivity contribution in [1.82, 2.24) is 25.5 Å². The predicted octanol–water partition coefficient (Wildman–Crippen LogP) is 1.25. The normalized spacial score (nSPS) is 12.9. The Bertz CT molecular complexity index is 1210. The molecule has 3 rings (SSSR count). The maximum Gasteiger partial charge on any atom is 0.229 e. The molecular weight excluding hydrogens is 470 g/mol. The van der Waals surface area contributed by atoms with Crippen molar-refractivity contribution in [1.29, 1.82) is 0 Å². The van der Waals surface area contributed by atoms with Gasteiger partial charge in [-0.1, -0.05) is 42.5 Å². The molecule has 0 aliphatic rings. The van der Waals surface area contributed by atoms with Gasteiger partial charge in [0.1, 0.15) is 0 Å². The van der Waals surface area contributed by atoms with Crippen molar-refractivity contribution in [2.45, 2.75) is 38.6 Å². The molecule has 0 aliphatic carbocycles. The molecule has 12 heteroatoms. The maximum absolute atomic E-state index is 12.3. The summed E-state index contributed by atoms with van der Waals surface area (Å²) in [5.74, 6) is 0.233. The van der Waals surface area contributed by atoms with Crippen LogP contribution in [0.1, 0.15) is 36.8 Å². The van der Waals surface area contributed by atoms with Crippen LogP contribution < -0.4 is 15.8 Å². The van der Waals surface area contributed by atoms with E-state index in [0.717, 1.165) is 17.4 Å². The van der Waals surface area contributed by atoms with Crippen molar-refractivity contribution >= 4 is 21.5 Å². The van der Waals surface area contributed by atoms with Crippen molar-refractivity contribution in [2.24, 2.45) is 5.73 Å². The zero-order valence-electron chi connectivity index (χ0n) is 20.0. The van der Waals surface area contributed by atoms with Crippen molar-refractivity contribution in [2.75, 3.05) is 24.1 Å². The largest absolute Gasteiger partial charge is 0.375 e. The number of Topliss-reactive ketones (excluding diaryl/α,β-unsaturated/α-hetero) is 1. The van der Waals surface area contributed by atoms with Gasteiger partial charge in [-0.05, 0) is 42.3 Å². The van der Waals surface area contributed by atoms with E-state index >= 15 is 0 Å². The van der Waals surface area contributed by atoms with Crippen molar-refractivity contribution in [3.05, 3.63) is 71.5 Å². The van der Waals surface area contributed by atoms with E-state index in [2.05, 4.69) is 25.4 Å². The molecule has 1 atom stereocenters.